The zero-order valence-electron chi connectivity index (χ0n) is 17.4. The van der Waals surface area contributed by atoms with Crippen LogP contribution in [0, 0.1) is 11.3 Å². The summed E-state index contributed by atoms with van der Waals surface area (Å²) < 4.78 is 6.00. The number of nitrogens with zero attached hydrogens (tertiary/aromatic N) is 2. The van der Waals surface area contributed by atoms with Gasteiger partial charge in [-0.2, -0.15) is 5.26 Å². The standard InChI is InChI=1S/C24H27ClN4O2/c25-21-10-8-18(27-15-17-5-2-1-3-6-17)13-23(21)31-16-19-9-11-22(28-19)24(30)29-12-4-7-20(29)14-26/h1-3,5-6,8,10,13,19-20,22,27-28H,4,7,9,11-12,15-16H2. The highest BCUT2D eigenvalue weighted by Gasteiger charge is 2.37. The lowest BCUT2D eigenvalue weighted by Crippen LogP contribution is -2.47. The summed E-state index contributed by atoms with van der Waals surface area (Å²) in [4.78, 5) is 14.5. The van der Waals surface area contributed by atoms with Crippen LogP contribution in [0.3, 0.4) is 0 Å². The van der Waals surface area contributed by atoms with Crippen LogP contribution in [-0.4, -0.2) is 42.1 Å². The molecule has 2 N–H and O–H groups in total. The smallest absolute Gasteiger partial charge is 0.240 e. The molecule has 2 aliphatic heterocycles. The first-order valence-electron chi connectivity index (χ1n) is 10.8. The Morgan fingerprint density at radius 2 is 2.06 bits per heavy atom. The highest BCUT2D eigenvalue weighted by molar-refractivity contribution is 6.32. The molecule has 7 heteroatoms. The predicted octanol–water partition coefficient (Wildman–Crippen LogP) is 3.97. The number of hydrogen-bond acceptors (Lipinski definition) is 5. The van der Waals surface area contributed by atoms with E-state index in [1.807, 2.05) is 36.4 Å². The van der Waals surface area contributed by atoms with Gasteiger partial charge in [0.1, 0.15) is 18.4 Å². The molecule has 0 saturated carbocycles. The van der Waals surface area contributed by atoms with Gasteiger partial charge in [0.25, 0.3) is 0 Å². The Morgan fingerprint density at radius 1 is 1.23 bits per heavy atom. The molecule has 162 valence electrons. The van der Waals surface area contributed by atoms with E-state index in [0.717, 1.165) is 37.9 Å². The Kier molecular flexibility index (Phi) is 6.96. The largest absolute Gasteiger partial charge is 0.490 e. The van der Waals surface area contributed by atoms with Crippen LogP contribution in [-0.2, 0) is 11.3 Å². The van der Waals surface area contributed by atoms with Crippen LogP contribution in [0.2, 0.25) is 5.02 Å². The van der Waals surface area contributed by atoms with Crippen LogP contribution in [0.1, 0.15) is 31.2 Å². The van der Waals surface area contributed by atoms with E-state index in [1.165, 1.54) is 5.56 Å². The molecule has 3 unspecified atom stereocenters. The minimum atomic E-state index is -0.283. The first-order chi connectivity index (χ1) is 15.1. The van der Waals surface area contributed by atoms with Gasteiger partial charge in [0.2, 0.25) is 5.91 Å². The third-order valence-electron chi connectivity index (χ3n) is 5.93. The van der Waals surface area contributed by atoms with E-state index in [-0.39, 0.29) is 24.0 Å². The number of ether oxygens (including phenoxy) is 1. The second-order valence-electron chi connectivity index (χ2n) is 8.11. The van der Waals surface area contributed by atoms with Crippen molar-refractivity contribution in [1.82, 2.24) is 10.2 Å². The van der Waals surface area contributed by atoms with Gasteiger partial charge in [-0.3, -0.25) is 10.1 Å². The van der Waals surface area contributed by atoms with Crippen molar-refractivity contribution in [3.8, 4) is 11.8 Å². The van der Waals surface area contributed by atoms with Gasteiger partial charge in [-0.25, -0.2) is 0 Å². The highest BCUT2D eigenvalue weighted by Crippen LogP contribution is 2.29. The van der Waals surface area contributed by atoms with Crippen molar-refractivity contribution in [3.05, 3.63) is 59.1 Å². The van der Waals surface area contributed by atoms with Crippen LogP contribution in [0.4, 0.5) is 5.69 Å². The first-order valence-corrected chi connectivity index (χ1v) is 11.2. The van der Waals surface area contributed by atoms with Gasteiger partial charge >= 0.3 is 0 Å². The molecular formula is C24H27ClN4O2. The molecule has 2 fully saturated rings. The summed E-state index contributed by atoms with van der Waals surface area (Å²) in [6.45, 7) is 1.83. The molecule has 0 aromatic heterocycles. The van der Waals surface area contributed by atoms with Crippen LogP contribution in [0.25, 0.3) is 0 Å². The van der Waals surface area contributed by atoms with Gasteiger partial charge in [-0.15, -0.1) is 0 Å². The molecule has 2 aromatic rings. The van der Waals surface area contributed by atoms with E-state index in [9.17, 15) is 10.1 Å². The number of likely N-dealkylation sites (tertiary alicyclic amines) is 1. The van der Waals surface area contributed by atoms with Crippen molar-refractivity contribution < 1.29 is 9.53 Å². The fourth-order valence-electron chi connectivity index (χ4n) is 4.22. The van der Waals surface area contributed by atoms with Gasteiger partial charge < -0.3 is 15.0 Å². The number of nitriles is 1. The molecule has 3 atom stereocenters. The number of benzene rings is 2. The quantitative estimate of drug-likeness (QED) is 0.684. The third kappa shape index (κ3) is 5.30. The van der Waals surface area contributed by atoms with Gasteiger partial charge in [0.05, 0.1) is 17.1 Å². The van der Waals surface area contributed by atoms with E-state index in [1.54, 1.807) is 4.90 Å². The summed E-state index contributed by atoms with van der Waals surface area (Å²) in [6.07, 6.45) is 3.28. The monoisotopic (exact) mass is 438 g/mol. The number of halogens is 1. The summed E-state index contributed by atoms with van der Waals surface area (Å²) in [5.74, 6) is 0.664. The highest BCUT2D eigenvalue weighted by atomic mass is 35.5. The van der Waals surface area contributed by atoms with Crippen LogP contribution >= 0.6 is 11.6 Å². The van der Waals surface area contributed by atoms with E-state index in [0.29, 0.717) is 23.9 Å². The Morgan fingerprint density at radius 3 is 2.87 bits per heavy atom. The summed E-state index contributed by atoms with van der Waals surface area (Å²) in [5.41, 5.74) is 2.13. The number of rotatable bonds is 7. The summed E-state index contributed by atoms with van der Waals surface area (Å²) in [7, 11) is 0. The van der Waals surface area contributed by atoms with Crippen LogP contribution < -0.4 is 15.4 Å². The topological polar surface area (TPSA) is 77.4 Å². The lowest BCUT2D eigenvalue weighted by Gasteiger charge is -2.24. The average Bonchev–Trinajstić information content (AvgIpc) is 3.47. The Hall–Kier alpha value is -2.75. The Labute approximate surface area is 188 Å². The summed E-state index contributed by atoms with van der Waals surface area (Å²) in [6, 6.07) is 17.6. The van der Waals surface area contributed by atoms with Gasteiger partial charge in [0.15, 0.2) is 0 Å². The molecule has 2 aromatic carbocycles. The molecule has 2 aliphatic rings. The van der Waals surface area contributed by atoms with E-state index in [2.05, 4.69) is 28.8 Å². The molecule has 0 aliphatic carbocycles. The summed E-state index contributed by atoms with van der Waals surface area (Å²) >= 11 is 6.33. The second kappa shape index (κ2) is 10.0. The SMILES string of the molecule is N#CC1CCCN1C(=O)C1CCC(COc2cc(NCc3ccccc3)ccc2Cl)N1. The third-order valence-corrected chi connectivity index (χ3v) is 6.25. The van der Waals surface area contributed by atoms with Gasteiger partial charge in [-0.05, 0) is 43.4 Å². The molecule has 31 heavy (non-hydrogen) atoms. The lowest BCUT2D eigenvalue weighted by molar-refractivity contribution is -0.133. The van der Waals surface area contributed by atoms with Crippen molar-refractivity contribution in [2.24, 2.45) is 0 Å². The minimum absolute atomic E-state index is 0.0386. The van der Waals surface area contributed by atoms with E-state index < -0.39 is 0 Å². The molecule has 0 radical (unpaired) electrons. The second-order valence-corrected chi connectivity index (χ2v) is 8.51. The molecule has 2 saturated heterocycles. The predicted molar refractivity (Wildman–Crippen MR) is 121 cm³/mol. The van der Waals surface area contributed by atoms with Crippen molar-refractivity contribution in [2.75, 3.05) is 18.5 Å². The van der Waals surface area contributed by atoms with Crippen LogP contribution in [0.15, 0.2) is 48.5 Å². The molecule has 4 rings (SSSR count). The molecule has 1 amide bonds. The zero-order chi connectivity index (χ0) is 21.6. The number of carbonyl (C=O) groups is 1. The lowest BCUT2D eigenvalue weighted by atomic mass is 10.1. The first kappa shape index (κ1) is 21.5. The normalized spacial score (nSPS) is 22.8. The molecular weight excluding hydrogens is 412 g/mol. The maximum absolute atomic E-state index is 12.8. The molecule has 6 nitrogen and oxygen atoms in total. The minimum Gasteiger partial charge on any atom is -0.490 e. The molecule has 0 bridgehead atoms. The Bertz CT molecular complexity index is 946. The fourth-order valence-corrected chi connectivity index (χ4v) is 4.40. The summed E-state index contributed by atoms with van der Waals surface area (Å²) in [5, 5.41) is 16.6. The van der Waals surface area contributed by atoms with Crippen molar-refractivity contribution in [1.29, 1.82) is 5.26 Å². The number of hydrogen-bond donors (Lipinski definition) is 2. The van der Waals surface area contributed by atoms with E-state index in [4.69, 9.17) is 16.3 Å². The van der Waals surface area contributed by atoms with Gasteiger partial charge in [0, 0.05) is 30.9 Å². The zero-order valence-corrected chi connectivity index (χ0v) is 18.1. The van der Waals surface area contributed by atoms with E-state index >= 15 is 0 Å². The number of carbonyl (C=O) groups excluding carboxylic acids is 1. The van der Waals surface area contributed by atoms with Crippen molar-refractivity contribution >= 4 is 23.2 Å². The molecule has 2 heterocycles. The van der Waals surface area contributed by atoms with Crippen LogP contribution in [0.5, 0.6) is 5.75 Å². The number of amides is 1. The number of anilines is 1. The van der Waals surface area contributed by atoms with Crippen molar-refractivity contribution in [2.45, 2.75) is 50.4 Å². The Balaban J connectivity index is 1.29. The average molecular weight is 439 g/mol. The maximum atomic E-state index is 12.8. The van der Waals surface area contributed by atoms with Crippen molar-refractivity contribution in [3.63, 3.8) is 0 Å². The maximum Gasteiger partial charge on any atom is 0.240 e. The number of nitrogens with one attached hydrogen (secondary N) is 2. The fraction of sp³-hybridized carbons (Fsp3) is 0.417. The molecule has 0 spiro atoms. The van der Waals surface area contributed by atoms with Gasteiger partial charge in [-0.1, -0.05) is 41.9 Å².